The van der Waals surface area contributed by atoms with Gasteiger partial charge in [-0.15, -0.1) is 11.3 Å². The number of hydrogen-bond acceptors (Lipinski definition) is 4. The third kappa shape index (κ3) is 5.91. The minimum atomic E-state index is -3.70. The summed E-state index contributed by atoms with van der Waals surface area (Å²) in [5, 5.41) is 4.82. The third-order valence-corrected chi connectivity index (χ3v) is 6.55. The maximum absolute atomic E-state index is 12.4. The van der Waals surface area contributed by atoms with Gasteiger partial charge in [0, 0.05) is 21.4 Å². The molecule has 0 saturated carbocycles. The minimum absolute atomic E-state index is 0.0639. The molecule has 2 aromatic rings. The maximum Gasteiger partial charge on any atom is 0.252 e. The lowest BCUT2D eigenvalue weighted by Crippen LogP contribution is -2.40. The summed E-state index contributed by atoms with van der Waals surface area (Å²) >= 11 is 4.95. The number of nitrogens with one attached hydrogen (secondary N) is 2. The van der Waals surface area contributed by atoms with Crippen LogP contribution in [0.2, 0.25) is 0 Å². The highest BCUT2D eigenvalue weighted by Crippen LogP contribution is 2.22. The third-order valence-electron chi connectivity index (χ3n) is 3.17. The smallest absolute Gasteiger partial charge is 0.252 e. The first-order valence-electron chi connectivity index (χ1n) is 7.72. The molecule has 1 heterocycles. The molecule has 2 rings (SSSR count). The van der Waals surface area contributed by atoms with E-state index in [1.54, 1.807) is 38.2 Å². The Morgan fingerprint density at radius 3 is 2.56 bits per heavy atom. The number of carbonyl (C=O) groups is 1. The first kappa shape index (κ1) is 20.1. The molecule has 0 spiro atoms. The van der Waals surface area contributed by atoms with Crippen molar-refractivity contribution in [2.24, 2.45) is 0 Å². The maximum atomic E-state index is 12.4. The zero-order valence-corrected chi connectivity index (χ0v) is 17.5. The second-order valence-corrected chi connectivity index (χ2v) is 10.2. The fourth-order valence-corrected chi connectivity index (χ4v) is 4.74. The topological polar surface area (TPSA) is 75.3 Å². The predicted molar refractivity (Wildman–Crippen MR) is 105 cm³/mol. The van der Waals surface area contributed by atoms with E-state index in [0.29, 0.717) is 16.6 Å². The molecule has 1 aromatic carbocycles. The van der Waals surface area contributed by atoms with Crippen LogP contribution in [0, 0.1) is 0 Å². The van der Waals surface area contributed by atoms with Gasteiger partial charge in [0.15, 0.2) is 0 Å². The van der Waals surface area contributed by atoms with Crippen LogP contribution >= 0.6 is 27.3 Å². The number of rotatable bonds is 6. The normalized spacial score (nSPS) is 12.2. The molecule has 0 aliphatic heterocycles. The summed E-state index contributed by atoms with van der Waals surface area (Å²) in [6.07, 6.45) is 0.741. The van der Waals surface area contributed by atoms with E-state index in [1.807, 2.05) is 17.5 Å². The fraction of sp³-hybridized carbons (Fsp3) is 0.353. The number of amides is 1. The average Bonchev–Trinajstić information content (AvgIpc) is 2.98. The Kier molecular flexibility index (Phi) is 6.42. The van der Waals surface area contributed by atoms with Crippen molar-refractivity contribution in [3.63, 3.8) is 0 Å². The van der Waals surface area contributed by atoms with E-state index in [4.69, 9.17) is 0 Å². The summed E-state index contributed by atoms with van der Waals surface area (Å²) in [7, 11) is -3.70. The van der Waals surface area contributed by atoms with Crippen LogP contribution in [0.5, 0.6) is 0 Å². The molecule has 0 radical (unpaired) electrons. The van der Waals surface area contributed by atoms with Gasteiger partial charge in [0.25, 0.3) is 5.91 Å². The van der Waals surface area contributed by atoms with Gasteiger partial charge in [-0.3, -0.25) is 4.79 Å². The second-order valence-electron chi connectivity index (χ2n) is 6.58. The van der Waals surface area contributed by atoms with Gasteiger partial charge in [-0.2, -0.15) is 0 Å². The fourth-order valence-electron chi connectivity index (χ4n) is 2.16. The molecule has 2 N–H and O–H groups in total. The highest BCUT2D eigenvalue weighted by molar-refractivity contribution is 9.10. The molecule has 0 aliphatic rings. The average molecular weight is 445 g/mol. The lowest BCUT2D eigenvalue weighted by molar-refractivity contribution is 0.0953. The van der Waals surface area contributed by atoms with Crippen molar-refractivity contribution < 1.29 is 13.2 Å². The summed E-state index contributed by atoms with van der Waals surface area (Å²) in [6, 6.07) is 8.41. The van der Waals surface area contributed by atoms with E-state index < -0.39 is 15.6 Å². The quantitative estimate of drug-likeness (QED) is 0.714. The van der Waals surface area contributed by atoms with Gasteiger partial charge < -0.3 is 5.32 Å². The van der Waals surface area contributed by atoms with E-state index >= 15 is 0 Å². The number of halogens is 1. The Bertz CT molecular complexity index is 841. The molecular formula is C17H21BrN2O3S2. The molecule has 0 unspecified atom stereocenters. The molecule has 136 valence electrons. The van der Waals surface area contributed by atoms with Crippen LogP contribution in [0.4, 0.5) is 0 Å². The SMILES string of the molecule is CC(C)(C)NS(=O)(=O)c1ccc(Br)c(C(=O)NCCc2cccs2)c1. The summed E-state index contributed by atoms with van der Waals surface area (Å²) < 4.78 is 28.0. The second kappa shape index (κ2) is 7.99. The van der Waals surface area contributed by atoms with Gasteiger partial charge in [0.1, 0.15) is 0 Å². The zero-order valence-electron chi connectivity index (χ0n) is 14.3. The Morgan fingerprint density at radius 2 is 1.96 bits per heavy atom. The Hall–Kier alpha value is -1.22. The molecule has 8 heteroatoms. The van der Waals surface area contributed by atoms with Crippen molar-refractivity contribution in [3.05, 3.63) is 50.6 Å². The number of benzene rings is 1. The Labute approximate surface area is 161 Å². The van der Waals surface area contributed by atoms with Crippen molar-refractivity contribution in [3.8, 4) is 0 Å². The standard InChI is InChI=1S/C17H21BrN2O3S2/c1-17(2,3)20-25(22,23)13-6-7-15(18)14(11-13)16(21)19-9-8-12-5-4-10-24-12/h4-7,10-11,20H,8-9H2,1-3H3,(H,19,21). The molecule has 5 nitrogen and oxygen atoms in total. The van der Waals surface area contributed by atoms with Crippen molar-refractivity contribution in [2.75, 3.05) is 6.54 Å². The minimum Gasteiger partial charge on any atom is -0.352 e. The summed E-state index contributed by atoms with van der Waals surface area (Å²) in [6.45, 7) is 5.79. The molecular weight excluding hydrogens is 424 g/mol. The van der Waals surface area contributed by atoms with Gasteiger partial charge in [-0.25, -0.2) is 13.1 Å². The van der Waals surface area contributed by atoms with Crippen LogP contribution in [-0.4, -0.2) is 26.4 Å². The largest absolute Gasteiger partial charge is 0.352 e. The number of hydrogen-bond donors (Lipinski definition) is 2. The van der Waals surface area contributed by atoms with Gasteiger partial charge in [0.05, 0.1) is 10.5 Å². The van der Waals surface area contributed by atoms with Gasteiger partial charge in [-0.1, -0.05) is 6.07 Å². The summed E-state index contributed by atoms with van der Waals surface area (Å²) in [5.74, 6) is -0.309. The van der Waals surface area contributed by atoms with E-state index in [1.165, 1.54) is 17.0 Å². The van der Waals surface area contributed by atoms with Crippen LogP contribution < -0.4 is 10.0 Å². The van der Waals surface area contributed by atoms with Crippen LogP contribution in [0.3, 0.4) is 0 Å². The zero-order chi connectivity index (χ0) is 18.7. The first-order chi connectivity index (χ1) is 11.6. The lowest BCUT2D eigenvalue weighted by Gasteiger charge is -2.20. The van der Waals surface area contributed by atoms with Crippen molar-refractivity contribution >= 4 is 43.2 Å². The molecule has 1 amide bonds. The number of carbonyl (C=O) groups excluding carboxylic acids is 1. The monoisotopic (exact) mass is 444 g/mol. The van der Waals surface area contributed by atoms with E-state index in [2.05, 4.69) is 26.0 Å². The van der Waals surface area contributed by atoms with Crippen molar-refractivity contribution in [1.29, 1.82) is 0 Å². The van der Waals surface area contributed by atoms with Crippen LogP contribution in [0.25, 0.3) is 0 Å². The molecule has 0 aliphatic carbocycles. The molecule has 1 aromatic heterocycles. The van der Waals surface area contributed by atoms with Gasteiger partial charge >= 0.3 is 0 Å². The molecule has 0 bridgehead atoms. The highest BCUT2D eigenvalue weighted by Gasteiger charge is 2.23. The van der Waals surface area contributed by atoms with Crippen molar-refractivity contribution in [2.45, 2.75) is 37.6 Å². The van der Waals surface area contributed by atoms with Gasteiger partial charge in [-0.05, 0) is 72.8 Å². The number of sulfonamides is 1. The summed E-state index contributed by atoms with van der Waals surface area (Å²) in [4.78, 5) is 13.7. The lowest BCUT2D eigenvalue weighted by atomic mass is 10.1. The van der Waals surface area contributed by atoms with Crippen LogP contribution in [-0.2, 0) is 16.4 Å². The molecule has 0 atom stereocenters. The van der Waals surface area contributed by atoms with E-state index in [-0.39, 0.29) is 10.8 Å². The Morgan fingerprint density at radius 1 is 1.24 bits per heavy atom. The van der Waals surface area contributed by atoms with E-state index in [0.717, 1.165) is 6.42 Å². The van der Waals surface area contributed by atoms with Gasteiger partial charge in [0.2, 0.25) is 10.0 Å². The van der Waals surface area contributed by atoms with E-state index in [9.17, 15) is 13.2 Å². The molecule has 0 fully saturated rings. The van der Waals surface area contributed by atoms with Crippen LogP contribution in [0.15, 0.2) is 45.1 Å². The van der Waals surface area contributed by atoms with Crippen molar-refractivity contribution in [1.82, 2.24) is 10.0 Å². The molecule has 0 saturated heterocycles. The van der Waals surface area contributed by atoms with Crippen LogP contribution in [0.1, 0.15) is 36.0 Å². The predicted octanol–water partition coefficient (Wildman–Crippen LogP) is 3.56. The first-order valence-corrected chi connectivity index (χ1v) is 10.9. The summed E-state index contributed by atoms with van der Waals surface area (Å²) in [5.41, 5.74) is -0.308. The Balaban J connectivity index is 2.13. The highest BCUT2D eigenvalue weighted by atomic mass is 79.9. The molecule has 25 heavy (non-hydrogen) atoms. The number of thiophene rings is 1.